The molecule has 1 fully saturated rings. The van der Waals surface area contributed by atoms with Crippen molar-refractivity contribution >= 4 is 17.6 Å². The maximum Gasteiger partial charge on any atom is 0.293 e. The van der Waals surface area contributed by atoms with E-state index in [4.69, 9.17) is 0 Å². The van der Waals surface area contributed by atoms with E-state index in [1.807, 2.05) is 25.6 Å². The molecule has 0 aliphatic carbocycles. The summed E-state index contributed by atoms with van der Waals surface area (Å²) >= 11 is 2.01. The van der Waals surface area contributed by atoms with Gasteiger partial charge in [0.25, 0.3) is 5.56 Å². The largest absolute Gasteiger partial charge is 0.364 e. The van der Waals surface area contributed by atoms with Gasteiger partial charge < -0.3 is 9.88 Å². The number of nitrogens with one attached hydrogen (secondary N) is 1. The summed E-state index contributed by atoms with van der Waals surface area (Å²) in [6.45, 7) is 8.02. The predicted octanol–water partition coefficient (Wildman–Crippen LogP) is 1.28. The molecule has 1 aromatic heterocycles. The molecule has 0 saturated carbocycles. The van der Waals surface area contributed by atoms with Crippen molar-refractivity contribution in [1.29, 1.82) is 0 Å². The molecule has 1 saturated heterocycles. The van der Waals surface area contributed by atoms with Crippen molar-refractivity contribution in [2.45, 2.75) is 19.9 Å². The van der Waals surface area contributed by atoms with Crippen molar-refractivity contribution in [3.8, 4) is 0 Å². The van der Waals surface area contributed by atoms with Gasteiger partial charge in [-0.1, -0.05) is 0 Å². The minimum Gasteiger partial charge on any atom is -0.364 e. The van der Waals surface area contributed by atoms with E-state index in [2.05, 4.69) is 15.2 Å². The normalized spacial score (nSPS) is 16.8. The molecule has 0 atom stereocenters. The van der Waals surface area contributed by atoms with Crippen LogP contribution in [0.4, 0.5) is 5.82 Å². The SMILES string of the molecule is CC(C)n1ccnc(NCCN2CCSCC2)c1=O. The smallest absolute Gasteiger partial charge is 0.293 e. The molecule has 2 rings (SSSR count). The van der Waals surface area contributed by atoms with Gasteiger partial charge in [0, 0.05) is 56.1 Å². The van der Waals surface area contributed by atoms with E-state index in [0.717, 1.165) is 26.2 Å². The summed E-state index contributed by atoms with van der Waals surface area (Å²) in [5.41, 5.74) is -0.0355. The molecule has 0 aromatic carbocycles. The van der Waals surface area contributed by atoms with E-state index in [-0.39, 0.29) is 11.6 Å². The molecule has 1 aliphatic rings. The van der Waals surface area contributed by atoms with Gasteiger partial charge in [-0.25, -0.2) is 4.98 Å². The highest BCUT2D eigenvalue weighted by molar-refractivity contribution is 7.99. The van der Waals surface area contributed by atoms with Crippen LogP contribution in [0.2, 0.25) is 0 Å². The average Bonchev–Trinajstić information content (AvgIpc) is 2.41. The second kappa shape index (κ2) is 6.96. The predicted molar refractivity (Wildman–Crippen MR) is 81.1 cm³/mol. The van der Waals surface area contributed by atoms with Gasteiger partial charge in [0.2, 0.25) is 0 Å². The fourth-order valence-electron chi connectivity index (χ4n) is 2.11. The van der Waals surface area contributed by atoms with E-state index in [0.29, 0.717) is 5.82 Å². The summed E-state index contributed by atoms with van der Waals surface area (Å²) in [6.07, 6.45) is 3.42. The Labute approximate surface area is 118 Å². The Morgan fingerprint density at radius 2 is 2.16 bits per heavy atom. The number of nitrogens with zero attached hydrogens (tertiary/aromatic N) is 3. The Morgan fingerprint density at radius 1 is 1.42 bits per heavy atom. The molecular weight excluding hydrogens is 260 g/mol. The average molecular weight is 282 g/mol. The van der Waals surface area contributed by atoms with E-state index < -0.39 is 0 Å². The highest BCUT2D eigenvalue weighted by atomic mass is 32.2. The summed E-state index contributed by atoms with van der Waals surface area (Å²) in [4.78, 5) is 18.7. The number of thioether (sulfide) groups is 1. The van der Waals surface area contributed by atoms with Crippen LogP contribution in [-0.2, 0) is 0 Å². The molecule has 6 heteroatoms. The molecule has 0 unspecified atom stereocenters. The van der Waals surface area contributed by atoms with Crippen LogP contribution in [0.15, 0.2) is 17.2 Å². The van der Waals surface area contributed by atoms with Gasteiger partial charge in [-0.3, -0.25) is 9.69 Å². The van der Waals surface area contributed by atoms with Gasteiger partial charge in [-0.05, 0) is 13.8 Å². The third kappa shape index (κ3) is 3.98. The molecule has 1 aliphatic heterocycles. The minimum absolute atomic E-state index is 0.0355. The number of hydrogen-bond donors (Lipinski definition) is 1. The summed E-state index contributed by atoms with van der Waals surface area (Å²) in [6, 6.07) is 0.162. The summed E-state index contributed by atoms with van der Waals surface area (Å²) in [5, 5.41) is 3.16. The highest BCUT2D eigenvalue weighted by Gasteiger charge is 2.10. The molecule has 1 aromatic rings. The van der Waals surface area contributed by atoms with Crippen LogP contribution in [0.5, 0.6) is 0 Å². The second-order valence-corrected chi connectivity index (χ2v) is 6.19. The summed E-state index contributed by atoms with van der Waals surface area (Å²) < 4.78 is 1.70. The lowest BCUT2D eigenvalue weighted by molar-refractivity contribution is 0.314. The van der Waals surface area contributed by atoms with Crippen LogP contribution >= 0.6 is 11.8 Å². The standard InChI is InChI=1S/C13H22N4OS/c1-11(2)17-6-4-15-12(13(17)18)14-3-5-16-7-9-19-10-8-16/h4,6,11H,3,5,7-10H2,1-2H3,(H,14,15). The summed E-state index contributed by atoms with van der Waals surface area (Å²) in [7, 11) is 0. The Balaban J connectivity index is 1.89. The molecule has 0 amide bonds. The quantitative estimate of drug-likeness (QED) is 0.882. The van der Waals surface area contributed by atoms with Crippen LogP contribution in [-0.4, -0.2) is 52.1 Å². The fourth-order valence-corrected chi connectivity index (χ4v) is 3.09. The highest BCUT2D eigenvalue weighted by Crippen LogP contribution is 2.08. The van der Waals surface area contributed by atoms with Crippen molar-refractivity contribution in [1.82, 2.24) is 14.5 Å². The fraction of sp³-hybridized carbons (Fsp3) is 0.692. The third-order valence-electron chi connectivity index (χ3n) is 3.25. The van der Waals surface area contributed by atoms with Gasteiger partial charge in [-0.15, -0.1) is 0 Å². The van der Waals surface area contributed by atoms with Crippen molar-refractivity contribution < 1.29 is 0 Å². The van der Waals surface area contributed by atoms with Crippen molar-refractivity contribution in [2.24, 2.45) is 0 Å². The molecular formula is C13H22N4OS. The second-order valence-electron chi connectivity index (χ2n) is 4.96. The number of aromatic nitrogens is 2. The zero-order valence-electron chi connectivity index (χ0n) is 11.6. The molecule has 1 N–H and O–H groups in total. The first kappa shape index (κ1) is 14.4. The van der Waals surface area contributed by atoms with Crippen LogP contribution in [0.3, 0.4) is 0 Å². The van der Waals surface area contributed by atoms with E-state index in [9.17, 15) is 4.79 Å². The van der Waals surface area contributed by atoms with Gasteiger partial charge in [0.1, 0.15) is 0 Å². The topological polar surface area (TPSA) is 50.2 Å². The maximum atomic E-state index is 12.1. The van der Waals surface area contributed by atoms with Gasteiger partial charge in [0.05, 0.1) is 0 Å². The van der Waals surface area contributed by atoms with E-state index in [1.165, 1.54) is 11.5 Å². The first-order valence-electron chi connectivity index (χ1n) is 6.79. The molecule has 106 valence electrons. The minimum atomic E-state index is -0.0355. The summed E-state index contributed by atoms with van der Waals surface area (Å²) in [5.74, 6) is 2.88. The number of anilines is 1. The molecule has 0 bridgehead atoms. The van der Waals surface area contributed by atoms with Crippen molar-refractivity contribution in [3.05, 3.63) is 22.7 Å². The zero-order chi connectivity index (χ0) is 13.7. The van der Waals surface area contributed by atoms with E-state index >= 15 is 0 Å². The van der Waals surface area contributed by atoms with Crippen LogP contribution in [0.1, 0.15) is 19.9 Å². The van der Waals surface area contributed by atoms with Gasteiger partial charge >= 0.3 is 0 Å². The number of rotatable bonds is 5. The van der Waals surface area contributed by atoms with Crippen LogP contribution < -0.4 is 10.9 Å². The molecule has 19 heavy (non-hydrogen) atoms. The maximum absolute atomic E-state index is 12.1. The lowest BCUT2D eigenvalue weighted by Crippen LogP contribution is -2.37. The molecule has 0 spiro atoms. The first-order chi connectivity index (χ1) is 9.18. The molecule has 2 heterocycles. The number of hydrogen-bond acceptors (Lipinski definition) is 5. The molecule has 0 radical (unpaired) electrons. The zero-order valence-corrected chi connectivity index (χ0v) is 12.4. The Morgan fingerprint density at radius 3 is 2.84 bits per heavy atom. The lowest BCUT2D eigenvalue weighted by atomic mass is 10.4. The third-order valence-corrected chi connectivity index (χ3v) is 4.19. The molecule has 5 nitrogen and oxygen atoms in total. The van der Waals surface area contributed by atoms with E-state index in [1.54, 1.807) is 17.0 Å². The van der Waals surface area contributed by atoms with Gasteiger partial charge in [-0.2, -0.15) is 11.8 Å². The van der Waals surface area contributed by atoms with Crippen LogP contribution in [0, 0.1) is 0 Å². The Kier molecular flexibility index (Phi) is 5.27. The van der Waals surface area contributed by atoms with Crippen molar-refractivity contribution in [3.63, 3.8) is 0 Å². The Bertz CT molecular complexity index is 454. The van der Waals surface area contributed by atoms with Gasteiger partial charge in [0.15, 0.2) is 5.82 Å². The first-order valence-corrected chi connectivity index (χ1v) is 7.95. The van der Waals surface area contributed by atoms with Crippen LogP contribution in [0.25, 0.3) is 0 Å². The Hall–Kier alpha value is -1.01. The monoisotopic (exact) mass is 282 g/mol. The van der Waals surface area contributed by atoms with Crippen molar-refractivity contribution in [2.75, 3.05) is 43.0 Å². The lowest BCUT2D eigenvalue weighted by Gasteiger charge is -2.26.